The molecular formula is C9H11F4N3O. The van der Waals surface area contributed by atoms with Crippen molar-refractivity contribution in [2.24, 2.45) is 0 Å². The second-order valence-corrected chi connectivity index (χ2v) is 3.18. The molecule has 0 bridgehead atoms. The maximum atomic E-state index is 13.0. The lowest BCUT2D eigenvalue weighted by Crippen LogP contribution is -2.20. The predicted molar refractivity (Wildman–Crippen MR) is 52.3 cm³/mol. The van der Waals surface area contributed by atoms with E-state index in [4.69, 9.17) is 0 Å². The number of nitrogens with zero attached hydrogens (tertiary/aromatic N) is 2. The average molecular weight is 253 g/mol. The highest BCUT2D eigenvalue weighted by Crippen LogP contribution is 2.19. The summed E-state index contributed by atoms with van der Waals surface area (Å²) in [6.07, 6.45) is -3.00. The monoisotopic (exact) mass is 253 g/mol. The maximum Gasteiger partial charge on any atom is 0.422 e. The van der Waals surface area contributed by atoms with Gasteiger partial charge in [0.1, 0.15) is 0 Å². The van der Waals surface area contributed by atoms with Gasteiger partial charge in [0.25, 0.3) is 5.88 Å². The summed E-state index contributed by atoms with van der Waals surface area (Å²) in [4.78, 5) is 7.06. The second kappa shape index (κ2) is 5.65. The van der Waals surface area contributed by atoms with Gasteiger partial charge in [-0.15, -0.1) is 0 Å². The van der Waals surface area contributed by atoms with Crippen LogP contribution in [0.5, 0.6) is 5.88 Å². The predicted octanol–water partition coefficient (Wildman–Crippen LogP) is 2.38. The van der Waals surface area contributed by atoms with E-state index in [1.807, 2.05) is 6.92 Å². The molecule has 0 spiro atoms. The van der Waals surface area contributed by atoms with Crippen molar-refractivity contribution in [1.29, 1.82) is 0 Å². The third-order valence-electron chi connectivity index (χ3n) is 1.62. The van der Waals surface area contributed by atoms with Gasteiger partial charge in [0.15, 0.2) is 6.61 Å². The number of nitrogens with one attached hydrogen (secondary N) is 1. The molecule has 1 heterocycles. The van der Waals surface area contributed by atoms with Gasteiger partial charge in [-0.2, -0.15) is 22.5 Å². The number of alkyl halides is 3. The number of aromatic nitrogens is 2. The van der Waals surface area contributed by atoms with Gasteiger partial charge in [-0.3, -0.25) is 0 Å². The maximum absolute atomic E-state index is 13.0. The van der Waals surface area contributed by atoms with Crippen molar-refractivity contribution in [2.75, 3.05) is 18.5 Å². The Bertz CT molecular complexity index is 370. The Hall–Kier alpha value is -1.60. The fraction of sp³-hybridized carbons (Fsp3) is 0.556. The lowest BCUT2D eigenvalue weighted by Gasteiger charge is -2.10. The van der Waals surface area contributed by atoms with E-state index in [1.165, 1.54) is 0 Å². The Kier molecular flexibility index (Phi) is 4.47. The summed E-state index contributed by atoms with van der Waals surface area (Å²) in [5.74, 6) is -1.71. The van der Waals surface area contributed by atoms with Gasteiger partial charge in [0.2, 0.25) is 11.8 Å². The van der Waals surface area contributed by atoms with Crippen molar-refractivity contribution in [3.05, 3.63) is 12.0 Å². The van der Waals surface area contributed by atoms with E-state index >= 15 is 0 Å². The minimum absolute atomic E-state index is 0.0328. The molecule has 0 aromatic carbocycles. The third kappa shape index (κ3) is 4.83. The number of halogens is 4. The van der Waals surface area contributed by atoms with Crippen LogP contribution in [0.25, 0.3) is 0 Å². The minimum Gasteiger partial charge on any atom is -0.466 e. The second-order valence-electron chi connectivity index (χ2n) is 3.18. The molecule has 0 aliphatic carbocycles. The van der Waals surface area contributed by atoms with Crippen LogP contribution in [0.3, 0.4) is 0 Å². The Labute approximate surface area is 95.0 Å². The highest BCUT2D eigenvalue weighted by molar-refractivity contribution is 5.28. The molecule has 96 valence electrons. The quantitative estimate of drug-likeness (QED) is 0.818. The third-order valence-corrected chi connectivity index (χ3v) is 1.62. The summed E-state index contributed by atoms with van der Waals surface area (Å²) < 4.78 is 52.9. The van der Waals surface area contributed by atoms with Gasteiger partial charge in [-0.25, -0.2) is 4.98 Å². The number of anilines is 1. The number of hydrogen-bond acceptors (Lipinski definition) is 4. The molecule has 0 atom stereocenters. The van der Waals surface area contributed by atoms with Crippen LogP contribution < -0.4 is 10.1 Å². The smallest absolute Gasteiger partial charge is 0.422 e. The van der Waals surface area contributed by atoms with Crippen molar-refractivity contribution in [1.82, 2.24) is 9.97 Å². The molecule has 0 saturated heterocycles. The summed E-state index contributed by atoms with van der Waals surface area (Å²) in [5, 5.41) is 2.71. The van der Waals surface area contributed by atoms with Crippen LogP contribution in [0.2, 0.25) is 0 Å². The normalized spacial score (nSPS) is 11.4. The van der Waals surface area contributed by atoms with Gasteiger partial charge in [-0.05, 0) is 6.42 Å². The van der Waals surface area contributed by atoms with Crippen LogP contribution in [0.1, 0.15) is 13.3 Å². The largest absolute Gasteiger partial charge is 0.466 e. The molecule has 0 radical (unpaired) electrons. The van der Waals surface area contributed by atoms with E-state index in [0.717, 1.165) is 12.6 Å². The first-order valence-electron chi connectivity index (χ1n) is 4.88. The molecule has 1 aromatic rings. The SMILES string of the molecule is CCCNc1ncc(F)c(OCC(F)(F)F)n1. The summed E-state index contributed by atoms with van der Waals surface area (Å²) in [7, 11) is 0. The highest BCUT2D eigenvalue weighted by atomic mass is 19.4. The highest BCUT2D eigenvalue weighted by Gasteiger charge is 2.29. The number of ether oxygens (including phenoxy) is 1. The van der Waals surface area contributed by atoms with Crippen LogP contribution in [0.4, 0.5) is 23.5 Å². The van der Waals surface area contributed by atoms with E-state index in [-0.39, 0.29) is 5.95 Å². The Morgan fingerprint density at radius 1 is 1.41 bits per heavy atom. The van der Waals surface area contributed by atoms with E-state index in [1.54, 1.807) is 0 Å². The molecule has 1 rings (SSSR count). The molecule has 0 unspecified atom stereocenters. The van der Waals surface area contributed by atoms with Gasteiger partial charge in [0.05, 0.1) is 6.20 Å². The van der Waals surface area contributed by atoms with Crippen LogP contribution >= 0.6 is 0 Å². The molecule has 1 aromatic heterocycles. The Morgan fingerprint density at radius 2 is 2.12 bits per heavy atom. The van der Waals surface area contributed by atoms with Crippen LogP contribution in [-0.2, 0) is 0 Å². The average Bonchev–Trinajstić information content (AvgIpc) is 2.25. The summed E-state index contributed by atoms with van der Waals surface area (Å²) in [5.41, 5.74) is 0. The van der Waals surface area contributed by atoms with Gasteiger partial charge in [-0.1, -0.05) is 6.92 Å². The first kappa shape index (κ1) is 13.5. The van der Waals surface area contributed by atoms with Crippen molar-refractivity contribution in [2.45, 2.75) is 19.5 Å². The number of rotatable bonds is 5. The molecular weight excluding hydrogens is 242 g/mol. The molecule has 1 N–H and O–H groups in total. The van der Waals surface area contributed by atoms with Crippen molar-refractivity contribution >= 4 is 5.95 Å². The van der Waals surface area contributed by atoms with Gasteiger partial charge in [0, 0.05) is 6.54 Å². The summed E-state index contributed by atoms with van der Waals surface area (Å²) in [6.45, 7) is 0.829. The van der Waals surface area contributed by atoms with Crippen LogP contribution in [-0.4, -0.2) is 29.3 Å². The van der Waals surface area contributed by atoms with Crippen LogP contribution in [0.15, 0.2) is 6.20 Å². The molecule has 0 aliphatic heterocycles. The lowest BCUT2D eigenvalue weighted by atomic mass is 10.5. The zero-order valence-corrected chi connectivity index (χ0v) is 9.01. The van der Waals surface area contributed by atoms with Crippen molar-refractivity contribution in [3.63, 3.8) is 0 Å². The Morgan fingerprint density at radius 3 is 2.71 bits per heavy atom. The van der Waals surface area contributed by atoms with E-state index in [9.17, 15) is 17.6 Å². The van der Waals surface area contributed by atoms with Gasteiger partial charge < -0.3 is 10.1 Å². The lowest BCUT2D eigenvalue weighted by molar-refractivity contribution is -0.154. The zero-order valence-electron chi connectivity index (χ0n) is 9.01. The van der Waals surface area contributed by atoms with Crippen molar-refractivity contribution in [3.8, 4) is 5.88 Å². The number of hydrogen-bond donors (Lipinski definition) is 1. The Balaban J connectivity index is 2.69. The first-order valence-corrected chi connectivity index (χ1v) is 4.88. The first-order chi connectivity index (χ1) is 7.92. The van der Waals surface area contributed by atoms with E-state index in [0.29, 0.717) is 6.54 Å². The van der Waals surface area contributed by atoms with Crippen molar-refractivity contribution < 1.29 is 22.3 Å². The molecule has 8 heteroatoms. The fourth-order valence-electron chi connectivity index (χ4n) is 0.925. The molecule has 0 fully saturated rings. The fourth-order valence-corrected chi connectivity index (χ4v) is 0.925. The standard InChI is InChI=1S/C9H11F4N3O/c1-2-3-14-8-15-4-6(10)7(16-8)17-5-9(11,12)13/h4H,2-3,5H2,1H3,(H,14,15,16). The molecule has 17 heavy (non-hydrogen) atoms. The van der Waals surface area contributed by atoms with E-state index in [2.05, 4.69) is 20.0 Å². The topological polar surface area (TPSA) is 47.0 Å². The molecule has 0 aliphatic rings. The van der Waals surface area contributed by atoms with Crippen LogP contribution in [0, 0.1) is 5.82 Å². The molecule has 0 amide bonds. The molecule has 4 nitrogen and oxygen atoms in total. The molecule has 0 saturated carbocycles. The zero-order chi connectivity index (χ0) is 12.9. The summed E-state index contributed by atoms with van der Waals surface area (Å²) >= 11 is 0. The summed E-state index contributed by atoms with van der Waals surface area (Å²) in [6, 6.07) is 0. The minimum atomic E-state index is -4.53. The van der Waals surface area contributed by atoms with Gasteiger partial charge >= 0.3 is 6.18 Å². The van der Waals surface area contributed by atoms with E-state index < -0.39 is 24.5 Å².